The lowest BCUT2D eigenvalue weighted by atomic mass is 10.2. The lowest BCUT2D eigenvalue weighted by Gasteiger charge is -2.08. The van der Waals surface area contributed by atoms with Crippen LogP contribution in [0.15, 0.2) is 34.0 Å². The number of hydrogen-bond acceptors (Lipinski definition) is 3. The first-order valence-electron chi connectivity index (χ1n) is 5.00. The summed E-state index contributed by atoms with van der Waals surface area (Å²) in [5.41, 5.74) is 4.32. The van der Waals surface area contributed by atoms with E-state index in [1.165, 1.54) is 12.1 Å². The molecule has 0 atom stereocenters. The van der Waals surface area contributed by atoms with Crippen LogP contribution in [0.25, 0.3) is 0 Å². The average molecular weight is 253 g/mol. The highest BCUT2D eigenvalue weighted by atomic mass is 19.1. The molecule has 0 radical (unpaired) electrons. The Morgan fingerprint density at radius 2 is 2.00 bits per heavy atom. The highest BCUT2D eigenvalue weighted by molar-refractivity contribution is 5.46. The van der Waals surface area contributed by atoms with Crippen LogP contribution in [0.4, 0.5) is 14.5 Å². The number of H-pyrrole nitrogens is 1. The van der Waals surface area contributed by atoms with Gasteiger partial charge < -0.3 is 5.73 Å². The molecule has 1 aromatic carbocycles. The van der Waals surface area contributed by atoms with E-state index in [2.05, 4.69) is 0 Å². The van der Waals surface area contributed by atoms with Crippen LogP contribution in [0.2, 0.25) is 0 Å². The number of benzene rings is 1. The summed E-state index contributed by atoms with van der Waals surface area (Å²) < 4.78 is 27.0. The fourth-order valence-electron chi connectivity index (χ4n) is 1.49. The van der Waals surface area contributed by atoms with Crippen molar-refractivity contribution in [3.05, 3.63) is 62.4 Å². The number of halogens is 2. The van der Waals surface area contributed by atoms with Crippen LogP contribution >= 0.6 is 0 Å². The Morgan fingerprint density at radius 1 is 1.28 bits per heavy atom. The number of aromatic amines is 1. The summed E-state index contributed by atoms with van der Waals surface area (Å²) in [7, 11) is 0. The van der Waals surface area contributed by atoms with Crippen molar-refractivity contribution in [2.75, 3.05) is 5.73 Å². The summed E-state index contributed by atoms with van der Waals surface area (Å²) in [6, 6.07) is 3.66. The van der Waals surface area contributed by atoms with Crippen molar-refractivity contribution in [3.63, 3.8) is 0 Å². The van der Waals surface area contributed by atoms with Crippen molar-refractivity contribution in [2.45, 2.75) is 6.54 Å². The molecule has 7 heteroatoms. The van der Waals surface area contributed by atoms with Crippen molar-refractivity contribution in [3.8, 4) is 0 Å². The first kappa shape index (κ1) is 12.0. The molecule has 0 fully saturated rings. The van der Waals surface area contributed by atoms with E-state index in [0.717, 1.165) is 16.8 Å². The zero-order chi connectivity index (χ0) is 13.3. The van der Waals surface area contributed by atoms with Gasteiger partial charge in [0.15, 0.2) is 0 Å². The maximum absolute atomic E-state index is 13.0. The lowest BCUT2D eigenvalue weighted by Crippen LogP contribution is -2.31. The third-order valence-corrected chi connectivity index (χ3v) is 2.41. The largest absolute Gasteiger partial charge is 0.398 e. The monoisotopic (exact) mass is 253 g/mol. The molecule has 2 aromatic rings. The van der Waals surface area contributed by atoms with Crippen LogP contribution in [0.1, 0.15) is 5.56 Å². The van der Waals surface area contributed by atoms with Gasteiger partial charge in [0.25, 0.3) is 5.56 Å². The topological polar surface area (TPSA) is 80.9 Å². The van der Waals surface area contributed by atoms with E-state index in [9.17, 15) is 18.4 Å². The molecule has 2 rings (SSSR count). The van der Waals surface area contributed by atoms with Gasteiger partial charge in [-0.1, -0.05) is 0 Å². The predicted octanol–water partition coefficient (Wildman–Crippen LogP) is 0.445. The van der Waals surface area contributed by atoms with Crippen molar-refractivity contribution >= 4 is 5.69 Å². The fourth-order valence-corrected chi connectivity index (χ4v) is 1.49. The summed E-state index contributed by atoms with van der Waals surface area (Å²) in [4.78, 5) is 24.0. The van der Waals surface area contributed by atoms with Crippen LogP contribution in [-0.2, 0) is 6.54 Å². The third-order valence-electron chi connectivity index (χ3n) is 2.41. The van der Waals surface area contributed by atoms with Gasteiger partial charge in [-0.3, -0.25) is 14.3 Å². The number of hydrogen-bond donors (Lipinski definition) is 2. The van der Waals surface area contributed by atoms with Gasteiger partial charge >= 0.3 is 5.69 Å². The Labute approximate surface area is 99.5 Å². The number of nitrogens with two attached hydrogens (primary N) is 1. The Kier molecular flexibility index (Phi) is 2.97. The van der Waals surface area contributed by atoms with E-state index in [0.29, 0.717) is 5.56 Å². The van der Waals surface area contributed by atoms with Crippen LogP contribution in [0.3, 0.4) is 0 Å². The molecular weight excluding hydrogens is 244 g/mol. The number of nitrogen functional groups attached to an aromatic ring is 1. The Balaban J connectivity index is 2.46. The molecule has 0 bridgehead atoms. The number of anilines is 1. The SMILES string of the molecule is Nc1ccc(F)cc1Cn1cc(F)c(=O)[nH]c1=O. The molecular formula is C11H9F2N3O2. The highest BCUT2D eigenvalue weighted by Crippen LogP contribution is 2.13. The second-order valence-electron chi connectivity index (χ2n) is 3.71. The smallest absolute Gasteiger partial charge is 0.328 e. The van der Waals surface area contributed by atoms with E-state index in [4.69, 9.17) is 5.73 Å². The lowest BCUT2D eigenvalue weighted by molar-refractivity contribution is 0.565. The number of nitrogens with one attached hydrogen (secondary N) is 1. The van der Waals surface area contributed by atoms with Crippen LogP contribution in [0.5, 0.6) is 0 Å². The molecule has 0 aliphatic rings. The van der Waals surface area contributed by atoms with Gasteiger partial charge in [-0.15, -0.1) is 0 Å². The van der Waals surface area contributed by atoms with Gasteiger partial charge in [0.2, 0.25) is 5.82 Å². The summed E-state index contributed by atoms with van der Waals surface area (Å²) in [6.07, 6.45) is 0.755. The second-order valence-corrected chi connectivity index (χ2v) is 3.71. The number of nitrogens with zero attached hydrogens (tertiary/aromatic N) is 1. The molecule has 0 spiro atoms. The molecule has 1 heterocycles. The van der Waals surface area contributed by atoms with Crippen molar-refractivity contribution < 1.29 is 8.78 Å². The van der Waals surface area contributed by atoms with Crippen molar-refractivity contribution in [1.29, 1.82) is 0 Å². The molecule has 94 valence electrons. The van der Waals surface area contributed by atoms with Crippen molar-refractivity contribution in [1.82, 2.24) is 9.55 Å². The first-order chi connectivity index (χ1) is 8.47. The quantitative estimate of drug-likeness (QED) is 0.762. The Bertz CT molecular complexity index is 706. The molecule has 0 saturated carbocycles. The average Bonchev–Trinajstić information content (AvgIpc) is 2.30. The number of aromatic nitrogens is 2. The van der Waals surface area contributed by atoms with Gasteiger partial charge in [-0.25, -0.2) is 9.18 Å². The van der Waals surface area contributed by atoms with Crippen LogP contribution in [-0.4, -0.2) is 9.55 Å². The van der Waals surface area contributed by atoms with E-state index in [1.54, 1.807) is 4.98 Å². The third kappa shape index (κ3) is 2.29. The van der Waals surface area contributed by atoms with E-state index >= 15 is 0 Å². The maximum Gasteiger partial charge on any atom is 0.328 e. The highest BCUT2D eigenvalue weighted by Gasteiger charge is 2.07. The normalized spacial score (nSPS) is 10.6. The molecule has 0 saturated heterocycles. The fraction of sp³-hybridized carbons (Fsp3) is 0.0909. The number of rotatable bonds is 2. The summed E-state index contributed by atoms with van der Waals surface area (Å²) in [5, 5.41) is 0. The van der Waals surface area contributed by atoms with E-state index < -0.39 is 22.9 Å². The molecule has 5 nitrogen and oxygen atoms in total. The minimum atomic E-state index is -1.09. The van der Waals surface area contributed by atoms with Gasteiger partial charge in [0, 0.05) is 5.69 Å². The maximum atomic E-state index is 13.0. The molecule has 1 aromatic heterocycles. The molecule has 18 heavy (non-hydrogen) atoms. The van der Waals surface area contributed by atoms with Crippen molar-refractivity contribution in [2.24, 2.45) is 0 Å². The first-order valence-corrected chi connectivity index (χ1v) is 5.00. The minimum absolute atomic E-state index is 0.129. The van der Waals surface area contributed by atoms with Gasteiger partial charge in [-0.2, -0.15) is 4.39 Å². The summed E-state index contributed by atoms with van der Waals surface area (Å²) in [5.74, 6) is -1.61. The Hall–Kier alpha value is -2.44. The van der Waals surface area contributed by atoms with Crippen LogP contribution < -0.4 is 17.0 Å². The molecule has 0 aliphatic heterocycles. The van der Waals surface area contributed by atoms with Crippen LogP contribution in [0, 0.1) is 11.6 Å². The zero-order valence-electron chi connectivity index (χ0n) is 9.11. The molecule has 0 aliphatic carbocycles. The molecule has 3 N–H and O–H groups in total. The predicted molar refractivity (Wildman–Crippen MR) is 61.2 cm³/mol. The molecule has 0 amide bonds. The van der Waals surface area contributed by atoms with Gasteiger partial charge in [0.05, 0.1) is 12.7 Å². The van der Waals surface area contributed by atoms with E-state index in [1.807, 2.05) is 0 Å². The zero-order valence-corrected chi connectivity index (χ0v) is 9.11. The Morgan fingerprint density at radius 3 is 2.72 bits per heavy atom. The minimum Gasteiger partial charge on any atom is -0.398 e. The standard InChI is InChI=1S/C11H9F2N3O2/c12-7-1-2-9(14)6(3-7)4-16-5-8(13)10(17)15-11(16)18/h1-3,5H,4,14H2,(H,15,17,18). The second kappa shape index (κ2) is 4.44. The van der Waals surface area contributed by atoms with E-state index in [-0.39, 0.29) is 12.2 Å². The summed E-state index contributed by atoms with van der Waals surface area (Å²) in [6.45, 7) is -0.129. The summed E-state index contributed by atoms with van der Waals surface area (Å²) >= 11 is 0. The molecule has 0 unspecified atom stereocenters. The van der Waals surface area contributed by atoms with Gasteiger partial charge in [-0.05, 0) is 23.8 Å². The van der Waals surface area contributed by atoms with Gasteiger partial charge in [0.1, 0.15) is 5.82 Å².